The van der Waals surface area contributed by atoms with Gasteiger partial charge in [0, 0.05) is 23.6 Å². The molecule has 2 rings (SSSR count). The van der Waals surface area contributed by atoms with Gasteiger partial charge in [-0.3, -0.25) is 4.79 Å². The molecule has 1 aromatic carbocycles. The van der Waals surface area contributed by atoms with E-state index in [9.17, 15) is 4.79 Å². The molecule has 0 bridgehead atoms. The van der Waals surface area contributed by atoms with Crippen molar-refractivity contribution in [1.29, 1.82) is 0 Å². The van der Waals surface area contributed by atoms with Gasteiger partial charge in [-0.2, -0.15) is 0 Å². The average Bonchev–Trinajstić information content (AvgIpc) is 2.38. The molecule has 0 spiro atoms. The van der Waals surface area contributed by atoms with Crippen LogP contribution in [0.15, 0.2) is 22.7 Å². The molecular weight excluding hydrogens is 332 g/mol. The van der Waals surface area contributed by atoms with Gasteiger partial charge in [0.15, 0.2) is 0 Å². The molecule has 106 valence electrons. The normalized spacial score (nSPS) is 18.7. The van der Waals surface area contributed by atoms with E-state index in [2.05, 4.69) is 15.9 Å². The number of amides is 1. The van der Waals surface area contributed by atoms with Crippen LogP contribution in [-0.2, 0) is 0 Å². The molecule has 1 fully saturated rings. The van der Waals surface area contributed by atoms with Crippen LogP contribution in [0.5, 0.6) is 5.75 Å². The zero-order chi connectivity index (χ0) is 13.1. The first-order valence-electron chi connectivity index (χ1n) is 6.00. The second-order valence-electron chi connectivity index (χ2n) is 4.50. The molecule has 1 saturated heterocycles. The lowest BCUT2D eigenvalue weighted by Gasteiger charge is -2.31. The summed E-state index contributed by atoms with van der Waals surface area (Å²) in [5.41, 5.74) is 6.53. The van der Waals surface area contributed by atoms with E-state index < -0.39 is 0 Å². The Morgan fingerprint density at radius 1 is 1.53 bits per heavy atom. The fourth-order valence-corrected chi connectivity index (χ4v) is 2.58. The minimum absolute atomic E-state index is 0. The van der Waals surface area contributed by atoms with E-state index in [-0.39, 0.29) is 24.4 Å². The summed E-state index contributed by atoms with van der Waals surface area (Å²) >= 11 is 3.41. The van der Waals surface area contributed by atoms with Crippen LogP contribution in [0.4, 0.5) is 0 Å². The molecule has 0 aliphatic carbocycles. The summed E-state index contributed by atoms with van der Waals surface area (Å²) in [6, 6.07) is 5.50. The van der Waals surface area contributed by atoms with Gasteiger partial charge in [-0.05, 0) is 47.0 Å². The van der Waals surface area contributed by atoms with Gasteiger partial charge in [-0.1, -0.05) is 0 Å². The number of likely N-dealkylation sites (tertiary alicyclic amines) is 1. The van der Waals surface area contributed by atoms with Crippen LogP contribution in [0.1, 0.15) is 23.2 Å². The lowest BCUT2D eigenvalue weighted by molar-refractivity contribution is 0.0707. The molecule has 1 aromatic rings. The van der Waals surface area contributed by atoms with Crippen LogP contribution in [0, 0.1) is 0 Å². The number of carbonyl (C=O) groups is 1. The number of hydrogen-bond donors (Lipinski definition) is 1. The molecule has 6 heteroatoms. The summed E-state index contributed by atoms with van der Waals surface area (Å²) in [6.45, 7) is 1.40. The molecule has 1 aliphatic heterocycles. The van der Waals surface area contributed by atoms with E-state index in [1.807, 2.05) is 17.0 Å². The SMILES string of the molecule is COc1ccc(Br)c(C(=O)N2CCCC(N)C2)c1.Cl. The van der Waals surface area contributed by atoms with Crippen molar-refractivity contribution in [2.45, 2.75) is 18.9 Å². The molecule has 4 nitrogen and oxygen atoms in total. The molecule has 0 aromatic heterocycles. The van der Waals surface area contributed by atoms with Gasteiger partial charge in [0.2, 0.25) is 0 Å². The monoisotopic (exact) mass is 348 g/mol. The highest BCUT2D eigenvalue weighted by molar-refractivity contribution is 9.10. The van der Waals surface area contributed by atoms with Crippen molar-refractivity contribution in [1.82, 2.24) is 4.90 Å². The predicted molar refractivity (Wildman–Crippen MR) is 81.1 cm³/mol. The predicted octanol–water partition coefficient (Wildman–Crippen LogP) is 2.44. The maximum absolute atomic E-state index is 12.4. The van der Waals surface area contributed by atoms with Crippen LogP contribution in [0.3, 0.4) is 0 Å². The number of rotatable bonds is 2. The first-order valence-corrected chi connectivity index (χ1v) is 6.79. The lowest BCUT2D eigenvalue weighted by atomic mass is 10.1. The van der Waals surface area contributed by atoms with Gasteiger partial charge in [-0.25, -0.2) is 0 Å². The Morgan fingerprint density at radius 2 is 2.26 bits per heavy atom. The Hall–Kier alpha value is -0.780. The standard InChI is InChI=1S/C13H17BrN2O2.ClH/c1-18-10-4-5-12(14)11(7-10)13(17)16-6-2-3-9(15)8-16;/h4-5,7,9H,2-3,6,8,15H2,1H3;1H. The Morgan fingerprint density at radius 3 is 2.89 bits per heavy atom. The number of halogens is 2. The number of nitrogens with zero attached hydrogens (tertiary/aromatic N) is 1. The molecule has 1 amide bonds. The van der Waals surface area contributed by atoms with E-state index >= 15 is 0 Å². The number of nitrogens with two attached hydrogens (primary N) is 1. The zero-order valence-electron chi connectivity index (χ0n) is 10.8. The molecular formula is C13H18BrClN2O2. The lowest BCUT2D eigenvalue weighted by Crippen LogP contribution is -2.45. The Labute approximate surface area is 127 Å². The topological polar surface area (TPSA) is 55.6 Å². The molecule has 19 heavy (non-hydrogen) atoms. The Balaban J connectivity index is 0.00000180. The van der Waals surface area contributed by atoms with Crippen molar-refractivity contribution >= 4 is 34.2 Å². The van der Waals surface area contributed by atoms with Gasteiger partial charge in [0.1, 0.15) is 5.75 Å². The van der Waals surface area contributed by atoms with E-state index in [0.717, 1.165) is 23.9 Å². The van der Waals surface area contributed by atoms with Crippen molar-refractivity contribution in [3.05, 3.63) is 28.2 Å². The third-order valence-corrected chi connectivity index (χ3v) is 3.84. The highest BCUT2D eigenvalue weighted by Crippen LogP contribution is 2.24. The molecule has 0 saturated carbocycles. The minimum Gasteiger partial charge on any atom is -0.497 e. The van der Waals surface area contributed by atoms with E-state index in [1.165, 1.54) is 0 Å². The van der Waals surface area contributed by atoms with Crippen LogP contribution >= 0.6 is 28.3 Å². The second kappa shape index (κ2) is 7.12. The molecule has 1 unspecified atom stereocenters. The number of piperidine rings is 1. The largest absolute Gasteiger partial charge is 0.497 e. The van der Waals surface area contributed by atoms with Crippen LogP contribution in [-0.4, -0.2) is 37.0 Å². The summed E-state index contributed by atoms with van der Waals surface area (Å²) in [5.74, 6) is 0.693. The molecule has 1 heterocycles. The minimum atomic E-state index is 0. The smallest absolute Gasteiger partial charge is 0.255 e. The van der Waals surface area contributed by atoms with Crippen molar-refractivity contribution in [3.63, 3.8) is 0 Å². The number of hydrogen-bond acceptors (Lipinski definition) is 3. The molecule has 1 aliphatic rings. The van der Waals surface area contributed by atoms with Crippen LogP contribution < -0.4 is 10.5 Å². The first-order chi connectivity index (χ1) is 8.61. The van der Waals surface area contributed by atoms with E-state index in [4.69, 9.17) is 10.5 Å². The second-order valence-corrected chi connectivity index (χ2v) is 5.35. The highest BCUT2D eigenvalue weighted by Gasteiger charge is 2.23. The fourth-order valence-electron chi connectivity index (χ4n) is 2.16. The maximum Gasteiger partial charge on any atom is 0.255 e. The summed E-state index contributed by atoms with van der Waals surface area (Å²) < 4.78 is 5.94. The van der Waals surface area contributed by atoms with Gasteiger partial charge < -0.3 is 15.4 Å². The number of methoxy groups -OCH3 is 1. The highest BCUT2D eigenvalue weighted by atomic mass is 79.9. The van der Waals surface area contributed by atoms with E-state index in [0.29, 0.717) is 17.9 Å². The van der Waals surface area contributed by atoms with Gasteiger partial charge in [-0.15, -0.1) is 12.4 Å². The fraction of sp³-hybridized carbons (Fsp3) is 0.462. The number of ether oxygens (including phenoxy) is 1. The summed E-state index contributed by atoms with van der Waals surface area (Å²) in [5, 5.41) is 0. The summed E-state index contributed by atoms with van der Waals surface area (Å²) in [6.07, 6.45) is 1.96. The molecule has 2 N–H and O–H groups in total. The molecule has 1 atom stereocenters. The van der Waals surface area contributed by atoms with Gasteiger partial charge >= 0.3 is 0 Å². The molecule has 0 radical (unpaired) electrons. The third-order valence-electron chi connectivity index (χ3n) is 3.15. The summed E-state index contributed by atoms with van der Waals surface area (Å²) in [4.78, 5) is 14.2. The van der Waals surface area contributed by atoms with Gasteiger partial charge in [0.25, 0.3) is 5.91 Å². The Bertz CT molecular complexity index is 456. The summed E-state index contributed by atoms with van der Waals surface area (Å²) in [7, 11) is 1.59. The number of carbonyl (C=O) groups excluding carboxylic acids is 1. The maximum atomic E-state index is 12.4. The van der Waals surface area contributed by atoms with Crippen LogP contribution in [0.2, 0.25) is 0 Å². The quantitative estimate of drug-likeness (QED) is 0.892. The van der Waals surface area contributed by atoms with Crippen molar-refractivity contribution in [3.8, 4) is 5.75 Å². The van der Waals surface area contributed by atoms with Gasteiger partial charge in [0.05, 0.1) is 12.7 Å². The van der Waals surface area contributed by atoms with Crippen molar-refractivity contribution in [2.24, 2.45) is 5.73 Å². The first kappa shape index (κ1) is 16.3. The Kier molecular flexibility index (Phi) is 6.10. The average molecular weight is 350 g/mol. The van der Waals surface area contributed by atoms with Crippen LogP contribution in [0.25, 0.3) is 0 Å². The zero-order valence-corrected chi connectivity index (χ0v) is 13.2. The number of benzene rings is 1. The van der Waals surface area contributed by atoms with Crippen molar-refractivity contribution in [2.75, 3.05) is 20.2 Å². The van der Waals surface area contributed by atoms with E-state index in [1.54, 1.807) is 13.2 Å². The van der Waals surface area contributed by atoms with Crippen molar-refractivity contribution < 1.29 is 9.53 Å². The third kappa shape index (κ3) is 3.84.